The molecule has 0 aromatic heterocycles. The summed E-state index contributed by atoms with van der Waals surface area (Å²) >= 11 is 0. The molecule has 3 aliphatic heterocycles. The van der Waals surface area contributed by atoms with E-state index in [1.165, 1.54) is 4.90 Å². The second-order valence-electron chi connectivity index (χ2n) is 11.8. The van der Waals surface area contributed by atoms with Crippen LogP contribution in [0.1, 0.15) is 63.5 Å². The van der Waals surface area contributed by atoms with Gasteiger partial charge in [0.05, 0.1) is 25.2 Å². The number of carbonyl (C=O) groups excluding carboxylic acids is 3. The van der Waals surface area contributed by atoms with Gasteiger partial charge in [0.2, 0.25) is 17.7 Å². The Morgan fingerprint density at radius 2 is 1.76 bits per heavy atom. The van der Waals surface area contributed by atoms with Crippen LogP contribution in [0.3, 0.4) is 0 Å². The van der Waals surface area contributed by atoms with Crippen molar-refractivity contribution in [2.75, 3.05) is 33.3 Å². The van der Waals surface area contributed by atoms with Crippen LogP contribution in [0, 0.1) is 5.92 Å². The number of amides is 3. The van der Waals surface area contributed by atoms with E-state index >= 15 is 0 Å². The zero-order valence-electron chi connectivity index (χ0n) is 24.2. The normalized spacial score (nSPS) is 26.7. The fraction of sp³-hybridized carbons (Fsp3) is 0.690. The van der Waals surface area contributed by atoms with Gasteiger partial charge in [0.1, 0.15) is 17.8 Å². The molecule has 13 heteroatoms. The number of alkyl halides is 2. The smallest absolute Gasteiger partial charge is 0.262 e. The maximum absolute atomic E-state index is 14.5. The molecule has 1 aromatic rings. The fourth-order valence-corrected chi connectivity index (χ4v) is 6.70. The van der Waals surface area contributed by atoms with Gasteiger partial charge in [-0.25, -0.2) is 8.78 Å². The van der Waals surface area contributed by atoms with Crippen molar-refractivity contribution in [1.82, 2.24) is 25.8 Å². The summed E-state index contributed by atoms with van der Waals surface area (Å²) in [5, 5.41) is 8.96. The molecule has 1 saturated carbocycles. The molecule has 0 radical (unpaired) electrons. The summed E-state index contributed by atoms with van der Waals surface area (Å²) in [5.74, 6) is -3.26. The third-order valence-electron chi connectivity index (χ3n) is 9.05. The molecule has 9 nitrogen and oxygen atoms in total. The van der Waals surface area contributed by atoms with Crippen LogP contribution in [0.15, 0.2) is 24.3 Å². The minimum atomic E-state index is -2.87. The number of rotatable bonds is 7. The maximum atomic E-state index is 14.5. The molecule has 1 aliphatic carbocycles. The number of fused-ring (bicyclic) bond motifs is 2. The third-order valence-corrected chi connectivity index (χ3v) is 9.05. The monoisotopic (exact) mass is 633 g/mol. The summed E-state index contributed by atoms with van der Waals surface area (Å²) in [6, 6.07) is 4.40. The van der Waals surface area contributed by atoms with Crippen LogP contribution < -0.4 is 20.7 Å². The number of ether oxygens (including phenoxy) is 1. The Bertz CT molecular complexity index is 1110. The number of hydrogen-bond acceptors (Lipinski definition) is 6. The van der Waals surface area contributed by atoms with Gasteiger partial charge in [-0.3, -0.25) is 19.3 Å². The lowest BCUT2D eigenvalue weighted by atomic mass is 9.82. The highest BCUT2D eigenvalue weighted by Gasteiger charge is 2.52. The van der Waals surface area contributed by atoms with Gasteiger partial charge >= 0.3 is 0 Å². The molecule has 42 heavy (non-hydrogen) atoms. The number of para-hydroxylation sites is 1. The Hall–Kier alpha value is -2.21. The first-order chi connectivity index (χ1) is 19.2. The number of nitrogens with zero attached hydrogens (tertiary/aromatic N) is 2. The van der Waals surface area contributed by atoms with Crippen molar-refractivity contribution >= 4 is 42.5 Å². The molecule has 3 N–H and O–H groups in total. The molecular weight excluding hydrogens is 591 g/mol. The Morgan fingerprint density at radius 1 is 1.05 bits per heavy atom. The molecule has 0 bridgehead atoms. The van der Waals surface area contributed by atoms with E-state index < -0.39 is 36.6 Å². The first-order valence-corrected chi connectivity index (χ1v) is 14.6. The van der Waals surface area contributed by atoms with Gasteiger partial charge in [-0.15, -0.1) is 24.8 Å². The molecule has 5 atom stereocenters. The first kappa shape index (κ1) is 34.3. The standard InChI is InChI=1S/C29H41F2N5O4.2ClH/c1-18(32-2)26(37)34-25(19-8-4-3-5-9-19)28(39)36-15-20-14-29(30,31)17-35(20)16-23(36)27(38)33-22-12-13-40-24-11-7-6-10-21(22)24;;/h6-7,10-11,18-20,22-23,25,32H,3-5,8-9,12-17H2,1-2H3,(H,33,38)(H,34,37);2*1H/t18-,20+,22+,23-,25-;;/m0../s1. The average molecular weight is 635 g/mol. The predicted octanol–water partition coefficient (Wildman–Crippen LogP) is 3.06. The molecular formula is C29H43Cl2F2N5O4. The summed E-state index contributed by atoms with van der Waals surface area (Å²) in [6.45, 7) is 1.79. The Balaban J connectivity index is 0.00000242. The Morgan fingerprint density at radius 3 is 2.48 bits per heavy atom. The zero-order valence-corrected chi connectivity index (χ0v) is 25.8. The quantitative estimate of drug-likeness (QED) is 0.427. The lowest BCUT2D eigenvalue weighted by molar-refractivity contribution is -0.149. The second-order valence-corrected chi connectivity index (χ2v) is 11.8. The van der Waals surface area contributed by atoms with Crippen LogP contribution in [0.2, 0.25) is 0 Å². The SMILES string of the molecule is CN[C@@H](C)C(=O)N[C@H](C(=O)N1C[C@H]2CC(F)(F)CN2C[C@H]1C(=O)N[C@@H]1CCOc2ccccc21)C1CCCCC1.Cl.Cl. The van der Waals surface area contributed by atoms with E-state index in [2.05, 4.69) is 16.0 Å². The minimum Gasteiger partial charge on any atom is -0.493 e. The fourth-order valence-electron chi connectivity index (χ4n) is 6.70. The van der Waals surface area contributed by atoms with Crippen molar-refractivity contribution in [3.63, 3.8) is 0 Å². The van der Waals surface area contributed by atoms with E-state index in [0.717, 1.165) is 37.7 Å². The number of benzene rings is 1. The van der Waals surface area contributed by atoms with E-state index in [1.54, 1.807) is 18.9 Å². The topological polar surface area (TPSA) is 103 Å². The van der Waals surface area contributed by atoms with Gasteiger partial charge in [0, 0.05) is 37.5 Å². The number of piperazine rings is 1. The second kappa shape index (κ2) is 14.5. The number of halogens is 4. The highest BCUT2D eigenvalue weighted by Crippen LogP contribution is 2.37. The van der Waals surface area contributed by atoms with E-state index in [9.17, 15) is 23.2 Å². The van der Waals surface area contributed by atoms with E-state index in [-0.39, 0.29) is 74.0 Å². The van der Waals surface area contributed by atoms with Crippen LogP contribution in [0.25, 0.3) is 0 Å². The van der Waals surface area contributed by atoms with Gasteiger partial charge in [0.15, 0.2) is 0 Å². The van der Waals surface area contributed by atoms with Crippen molar-refractivity contribution in [3.05, 3.63) is 29.8 Å². The third kappa shape index (κ3) is 7.46. The number of carbonyl (C=O) groups is 3. The summed E-state index contributed by atoms with van der Waals surface area (Å²) in [4.78, 5) is 44.2. The van der Waals surface area contributed by atoms with Crippen LogP contribution in [-0.4, -0.2) is 90.9 Å². The summed E-state index contributed by atoms with van der Waals surface area (Å²) in [6.07, 6.45) is 4.80. The van der Waals surface area contributed by atoms with Gasteiger partial charge in [-0.2, -0.15) is 0 Å². The number of hydrogen-bond donors (Lipinski definition) is 3. The van der Waals surface area contributed by atoms with Crippen molar-refractivity contribution in [2.24, 2.45) is 5.92 Å². The molecule has 3 fully saturated rings. The van der Waals surface area contributed by atoms with Gasteiger partial charge in [0.25, 0.3) is 5.92 Å². The molecule has 4 aliphatic rings. The maximum Gasteiger partial charge on any atom is 0.262 e. The predicted molar refractivity (Wildman–Crippen MR) is 159 cm³/mol. The van der Waals surface area contributed by atoms with Crippen molar-refractivity contribution in [3.8, 4) is 5.75 Å². The molecule has 0 unspecified atom stereocenters. The molecule has 2 saturated heterocycles. The van der Waals surface area contributed by atoms with Crippen molar-refractivity contribution < 1.29 is 27.9 Å². The zero-order chi connectivity index (χ0) is 28.4. The lowest BCUT2D eigenvalue weighted by Gasteiger charge is -2.45. The van der Waals surface area contributed by atoms with Crippen molar-refractivity contribution in [2.45, 2.75) is 88.0 Å². The van der Waals surface area contributed by atoms with E-state index in [4.69, 9.17) is 4.74 Å². The summed E-state index contributed by atoms with van der Waals surface area (Å²) in [5.41, 5.74) is 0.856. The van der Waals surface area contributed by atoms with Crippen LogP contribution >= 0.6 is 24.8 Å². The number of likely N-dealkylation sites (N-methyl/N-ethyl adjacent to an activating group) is 1. The number of nitrogens with one attached hydrogen (secondary N) is 3. The molecule has 1 aromatic carbocycles. The van der Waals surface area contributed by atoms with Crippen molar-refractivity contribution in [1.29, 1.82) is 0 Å². The molecule has 5 rings (SSSR count). The van der Waals surface area contributed by atoms with E-state index in [0.29, 0.717) is 18.8 Å². The van der Waals surface area contributed by atoms with Crippen LogP contribution in [0.5, 0.6) is 5.75 Å². The highest BCUT2D eigenvalue weighted by atomic mass is 35.5. The van der Waals surface area contributed by atoms with Gasteiger partial charge in [-0.1, -0.05) is 37.5 Å². The Kier molecular flexibility index (Phi) is 11.8. The van der Waals surface area contributed by atoms with Gasteiger partial charge < -0.3 is 25.6 Å². The van der Waals surface area contributed by atoms with Gasteiger partial charge in [-0.05, 0) is 38.8 Å². The first-order valence-electron chi connectivity index (χ1n) is 14.6. The molecule has 236 valence electrons. The van der Waals surface area contributed by atoms with Crippen LogP contribution in [0.4, 0.5) is 8.78 Å². The lowest BCUT2D eigenvalue weighted by Crippen LogP contribution is -2.66. The summed E-state index contributed by atoms with van der Waals surface area (Å²) < 4.78 is 34.7. The highest BCUT2D eigenvalue weighted by molar-refractivity contribution is 5.93. The molecule has 0 spiro atoms. The Labute approximate surface area is 258 Å². The largest absolute Gasteiger partial charge is 0.493 e. The van der Waals surface area contributed by atoms with E-state index in [1.807, 2.05) is 24.3 Å². The average Bonchev–Trinajstić information content (AvgIpc) is 3.27. The molecule has 3 heterocycles. The van der Waals surface area contributed by atoms with Crippen LogP contribution in [-0.2, 0) is 14.4 Å². The summed E-state index contributed by atoms with van der Waals surface area (Å²) in [7, 11) is 1.68. The minimum absolute atomic E-state index is 0. The molecule has 3 amide bonds.